The van der Waals surface area contributed by atoms with Crippen molar-refractivity contribution in [2.75, 3.05) is 54.8 Å². The summed E-state index contributed by atoms with van der Waals surface area (Å²) >= 11 is 5.99. The van der Waals surface area contributed by atoms with Gasteiger partial charge in [0.1, 0.15) is 11.7 Å². The normalized spacial score (nSPS) is 17.6. The van der Waals surface area contributed by atoms with E-state index in [2.05, 4.69) is 25.0 Å². The SMILES string of the molecule is CC(C)(C)OC(=O)N1CCC(Oc2cc(N3CCN(c4cc(Cl)nnc4N)CC3)ccn2)CC1. The van der Waals surface area contributed by atoms with E-state index < -0.39 is 5.60 Å². The molecular weight excluding hydrogens is 458 g/mol. The van der Waals surface area contributed by atoms with Crippen molar-refractivity contribution >= 4 is 34.9 Å². The van der Waals surface area contributed by atoms with Gasteiger partial charge in [-0.25, -0.2) is 9.78 Å². The van der Waals surface area contributed by atoms with E-state index in [0.29, 0.717) is 29.9 Å². The predicted molar refractivity (Wildman–Crippen MR) is 132 cm³/mol. The summed E-state index contributed by atoms with van der Waals surface area (Å²) in [5, 5.41) is 8.04. The lowest BCUT2D eigenvalue weighted by Crippen LogP contribution is -2.46. The lowest BCUT2D eigenvalue weighted by molar-refractivity contribution is 0.0123. The number of ether oxygens (including phenoxy) is 2. The molecule has 0 unspecified atom stereocenters. The summed E-state index contributed by atoms with van der Waals surface area (Å²) in [6, 6.07) is 5.73. The van der Waals surface area contributed by atoms with Gasteiger partial charge in [-0.05, 0) is 26.8 Å². The molecule has 2 aromatic rings. The fourth-order valence-electron chi connectivity index (χ4n) is 4.14. The molecule has 11 heteroatoms. The first-order valence-corrected chi connectivity index (χ1v) is 11.9. The van der Waals surface area contributed by atoms with Crippen molar-refractivity contribution in [3.05, 3.63) is 29.5 Å². The van der Waals surface area contributed by atoms with Crippen LogP contribution >= 0.6 is 11.6 Å². The van der Waals surface area contributed by atoms with Crippen LogP contribution in [0.25, 0.3) is 0 Å². The highest BCUT2D eigenvalue weighted by Crippen LogP contribution is 2.27. The molecule has 2 aliphatic heterocycles. The maximum Gasteiger partial charge on any atom is 0.410 e. The van der Waals surface area contributed by atoms with Crippen molar-refractivity contribution in [3.63, 3.8) is 0 Å². The number of anilines is 3. The van der Waals surface area contributed by atoms with Gasteiger partial charge in [-0.2, -0.15) is 0 Å². The molecule has 10 nitrogen and oxygen atoms in total. The Morgan fingerprint density at radius 2 is 1.74 bits per heavy atom. The molecule has 0 radical (unpaired) electrons. The second kappa shape index (κ2) is 10.1. The molecule has 0 aromatic carbocycles. The van der Waals surface area contributed by atoms with Crippen LogP contribution < -0.4 is 20.3 Å². The number of carbonyl (C=O) groups is 1. The minimum Gasteiger partial charge on any atom is -0.474 e. The van der Waals surface area contributed by atoms with Crippen LogP contribution in [-0.2, 0) is 4.74 Å². The van der Waals surface area contributed by atoms with Gasteiger partial charge < -0.3 is 29.9 Å². The van der Waals surface area contributed by atoms with Gasteiger partial charge in [-0.1, -0.05) is 11.6 Å². The van der Waals surface area contributed by atoms with Gasteiger partial charge in [0.2, 0.25) is 5.88 Å². The maximum absolute atomic E-state index is 12.3. The fourth-order valence-corrected chi connectivity index (χ4v) is 4.28. The summed E-state index contributed by atoms with van der Waals surface area (Å²) in [7, 11) is 0. The van der Waals surface area contributed by atoms with Gasteiger partial charge in [-0.3, -0.25) is 0 Å². The molecule has 184 valence electrons. The Morgan fingerprint density at radius 1 is 1.06 bits per heavy atom. The highest BCUT2D eigenvalue weighted by Gasteiger charge is 2.28. The van der Waals surface area contributed by atoms with Gasteiger partial charge in [0, 0.05) is 76.1 Å². The lowest BCUT2D eigenvalue weighted by Gasteiger charge is -2.37. The molecule has 0 atom stereocenters. The molecule has 4 heterocycles. The highest BCUT2D eigenvalue weighted by atomic mass is 35.5. The zero-order valence-electron chi connectivity index (χ0n) is 19.9. The molecule has 2 fully saturated rings. The largest absolute Gasteiger partial charge is 0.474 e. The number of likely N-dealkylation sites (tertiary alicyclic amines) is 1. The molecule has 2 saturated heterocycles. The number of piperazine rings is 1. The molecule has 0 bridgehead atoms. The van der Waals surface area contributed by atoms with Gasteiger partial charge in [0.25, 0.3) is 0 Å². The van der Waals surface area contributed by atoms with Crippen molar-refractivity contribution in [1.29, 1.82) is 0 Å². The summed E-state index contributed by atoms with van der Waals surface area (Å²) in [5.41, 5.74) is 7.38. The Morgan fingerprint density at radius 3 is 2.41 bits per heavy atom. The van der Waals surface area contributed by atoms with Gasteiger partial charge >= 0.3 is 6.09 Å². The molecular formula is C23H32ClN7O3. The summed E-state index contributed by atoms with van der Waals surface area (Å²) in [6.07, 6.45) is 3.01. The first kappa shape index (κ1) is 24.1. The van der Waals surface area contributed by atoms with Crippen LogP contribution in [0.4, 0.5) is 22.0 Å². The van der Waals surface area contributed by atoms with Gasteiger partial charge in [-0.15, -0.1) is 10.2 Å². The molecule has 2 N–H and O–H groups in total. The molecule has 2 aliphatic rings. The Balaban J connectivity index is 1.29. The van der Waals surface area contributed by atoms with Crippen molar-refractivity contribution in [3.8, 4) is 5.88 Å². The molecule has 0 spiro atoms. The van der Waals surface area contributed by atoms with Crippen LogP contribution in [-0.4, -0.2) is 77.1 Å². The minimum absolute atomic E-state index is 0.0187. The fraction of sp³-hybridized carbons (Fsp3) is 0.565. The Bertz CT molecular complexity index is 1000. The summed E-state index contributed by atoms with van der Waals surface area (Å²) in [6.45, 7) is 10.1. The van der Waals surface area contributed by atoms with E-state index in [-0.39, 0.29) is 12.2 Å². The molecule has 0 aliphatic carbocycles. The maximum atomic E-state index is 12.3. The zero-order valence-corrected chi connectivity index (χ0v) is 20.7. The second-order valence-electron chi connectivity index (χ2n) is 9.55. The van der Waals surface area contributed by atoms with Crippen LogP contribution in [0.2, 0.25) is 5.15 Å². The zero-order chi connectivity index (χ0) is 24.3. The number of carbonyl (C=O) groups excluding carboxylic acids is 1. The molecule has 1 amide bonds. The van der Waals surface area contributed by atoms with Crippen LogP contribution in [0.5, 0.6) is 5.88 Å². The molecule has 2 aromatic heterocycles. The number of halogens is 1. The number of rotatable bonds is 4. The van der Waals surface area contributed by atoms with Crippen molar-refractivity contribution in [2.24, 2.45) is 0 Å². The Hall–Kier alpha value is -3.01. The van der Waals surface area contributed by atoms with Crippen LogP contribution in [0.1, 0.15) is 33.6 Å². The minimum atomic E-state index is -0.491. The Kier molecular flexibility index (Phi) is 7.16. The predicted octanol–water partition coefficient (Wildman–Crippen LogP) is 3.21. The van der Waals surface area contributed by atoms with Gasteiger partial charge in [0.05, 0.1) is 5.69 Å². The summed E-state index contributed by atoms with van der Waals surface area (Å²) < 4.78 is 11.6. The van der Waals surface area contributed by atoms with E-state index in [4.69, 9.17) is 26.8 Å². The third-order valence-electron chi connectivity index (χ3n) is 5.86. The number of nitrogens with two attached hydrogens (primary N) is 1. The highest BCUT2D eigenvalue weighted by molar-refractivity contribution is 6.29. The van der Waals surface area contributed by atoms with Crippen molar-refractivity contribution in [1.82, 2.24) is 20.1 Å². The van der Waals surface area contributed by atoms with E-state index >= 15 is 0 Å². The third-order valence-corrected chi connectivity index (χ3v) is 6.04. The number of amides is 1. The number of piperidine rings is 1. The van der Waals surface area contributed by atoms with E-state index in [0.717, 1.165) is 50.4 Å². The summed E-state index contributed by atoms with van der Waals surface area (Å²) in [4.78, 5) is 22.9. The second-order valence-corrected chi connectivity index (χ2v) is 9.94. The monoisotopic (exact) mass is 489 g/mol. The standard InChI is InChI=1S/C23H32ClN7O3/c1-23(2,3)34-22(32)31-8-5-17(6-9-31)33-20-14-16(4-7-26-20)29-10-12-30(13-11-29)18-15-19(24)27-28-21(18)25/h4,7,14-15,17H,5-6,8-13H2,1-3H3,(H2,25,28). The molecule has 0 saturated carbocycles. The number of nitrogens with zero attached hydrogens (tertiary/aromatic N) is 6. The summed E-state index contributed by atoms with van der Waals surface area (Å²) in [5.74, 6) is 0.986. The van der Waals surface area contributed by atoms with Crippen LogP contribution in [0.15, 0.2) is 24.4 Å². The Labute approximate surface area is 205 Å². The van der Waals surface area contributed by atoms with E-state index in [1.165, 1.54) is 0 Å². The van der Waals surface area contributed by atoms with Crippen LogP contribution in [0.3, 0.4) is 0 Å². The smallest absolute Gasteiger partial charge is 0.410 e. The average Bonchev–Trinajstić information content (AvgIpc) is 2.80. The number of hydrogen-bond acceptors (Lipinski definition) is 9. The van der Waals surface area contributed by atoms with E-state index in [9.17, 15) is 4.79 Å². The first-order valence-electron chi connectivity index (χ1n) is 11.6. The number of aromatic nitrogens is 3. The van der Waals surface area contributed by atoms with Gasteiger partial charge in [0.15, 0.2) is 11.0 Å². The van der Waals surface area contributed by atoms with E-state index in [1.54, 1.807) is 17.2 Å². The van der Waals surface area contributed by atoms with E-state index in [1.807, 2.05) is 32.9 Å². The molecule has 4 rings (SSSR count). The van der Waals surface area contributed by atoms with Crippen molar-refractivity contribution in [2.45, 2.75) is 45.3 Å². The number of nitrogen functional groups attached to an aromatic ring is 1. The van der Waals surface area contributed by atoms with Crippen molar-refractivity contribution < 1.29 is 14.3 Å². The average molecular weight is 490 g/mol. The van der Waals surface area contributed by atoms with Crippen LogP contribution in [0, 0.1) is 0 Å². The third kappa shape index (κ3) is 6.11. The number of hydrogen-bond donors (Lipinski definition) is 1. The number of pyridine rings is 1. The first-order chi connectivity index (χ1) is 16.2. The quantitative estimate of drug-likeness (QED) is 0.691. The topological polar surface area (TPSA) is 110 Å². The lowest BCUT2D eigenvalue weighted by atomic mass is 10.1. The molecule has 34 heavy (non-hydrogen) atoms.